The van der Waals surface area contributed by atoms with Crippen molar-refractivity contribution in [1.82, 2.24) is 0 Å². The van der Waals surface area contributed by atoms with Crippen LogP contribution in [0.5, 0.6) is 5.75 Å². The van der Waals surface area contributed by atoms with Crippen molar-refractivity contribution in [3.63, 3.8) is 0 Å². The minimum atomic E-state index is -0.142. The smallest absolute Gasteiger partial charge is 0.308 e. The maximum absolute atomic E-state index is 11.4. The SMILES string of the molecule is CCOC(=O)C(C)C/C=C/c1ccc(OC)cc1. The Hall–Kier alpha value is -1.77. The van der Waals surface area contributed by atoms with Crippen molar-refractivity contribution in [2.75, 3.05) is 13.7 Å². The molecule has 0 aromatic heterocycles. The molecule has 1 rings (SSSR count). The lowest BCUT2D eigenvalue weighted by Crippen LogP contribution is -2.13. The molecule has 18 heavy (non-hydrogen) atoms. The summed E-state index contributed by atoms with van der Waals surface area (Å²) in [5.41, 5.74) is 1.09. The highest BCUT2D eigenvalue weighted by molar-refractivity contribution is 5.72. The van der Waals surface area contributed by atoms with Gasteiger partial charge in [-0.05, 0) is 31.0 Å². The van der Waals surface area contributed by atoms with Gasteiger partial charge in [-0.3, -0.25) is 4.79 Å². The molecule has 0 radical (unpaired) electrons. The lowest BCUT2D eigenvalue weighted by Gasteiger charge is -2.07. The van der Waals surface area contributed by atoms with Gasteiger partial charge in [0.05, 0.1) is 19.6 Å². The van der Waals surface area contributed by atoms with Crippen molar-refractivity contribution >= 4 is 12.0 Å². The van der Waals surface area contributed by atoms with E-state index < -0.39 is 0 Å². The second-order valence-electron chi connectivity index (χ2n) is 4.06. The van der Waals surface area contributed by atoms with Crippen LogP contribution in [0.25, 0.3) is 6.08 Å². The van der Waals surface area contributed by atoms with Gasteiger partial charge in [-0.15, -0.1) is 0 Å². The van der Waals surface area contributed by atoms with Crippen molar-refractivity contribution < 1.29 is 14.3 Å². The molecule has 0 saturated heterocycles. The van der Waals surface area contributed by atoms with Gasteiger partial charge in [0.1, 0.15) is 5.75 Å². The maximum Gasteiger partial charge on any atom is 0.308 e. The molecule has 0 spiro atoms. The van der Waals surface area contributed by atoms with Crippen LogP contribution < -0.4 is 4.74 Å². The van der Waals surface area contributed by atoms with Gasteiger partial charge < -0.3 is 9.47 Å². The van der Waals surface area contributed by atoms with Gasteiger partial charge in [0.15, 0.2) is 0 Å². The molecule has 1 aromatic carbocycles. The van der Waals surface area contributed by atoms with Crippen molar-refractivity contribution in [2.24, 2.45) is 5.92 Å². The molecule has 0 heterocycles. The molecule has 3 nitrogen and oxygen atoms in total. The molecule has 0 bridgehead atoms. The zero-order chi connectivity index (χ0) is 13.4. The van der Waals surface area contributed by atoms with Crippen molar-refractivity contribution in [1.29, 1.82) is 0 Å². The first-order valence-electron chi connectivity index (χ1n) is 6.14. The molecule has 1 aromatic rings. The second kappa shape index (κ2) is 7.54. The van der Waals surface area contributed by atoms with E-state index in [1.54, 1.807) is 7.11 Å². The Bertz CT molecular complexity index is 393. The van der Waals surface area contributed by atoms with Crippen molar-refractivity contribution in [3.05, 3.63) is 35.9 Å². The molecule has 0 saturated carbocycles. The third kappa shape index (κ3) is 4.62. The number of carbonyl (C=O) groups excluding carboxylic acids is 1. The Kier molecular flexibility index (Phi) is 5.98. The van der Waals surface area contributed by atoms with Crippen molar-refractivity contribution in [2.45, 2.75) is 20.3 Å². The lowest BCUT2D eigenvalue weighted by atomic mass is 10.1. The number of rotatable bonds is 6. The molecule has 0 aliphatic rings. The first kappa shape index (κ1) is 14.3. The molecule has 0 amide bonds. The number of esters is 1. The summed E-state index contributed by atoms with van der Waals surface area (Å²) in [6.07, 6.45) is 4.67. The summed E-state index contributed by atoms with van der Waals surface area (Å²) < 4.78 is 10.0. The summed E-state index contributed by atoms with van der Waals surface area (Å²) in [4.78, 5) is 11.4. The predicted octanol–water partition coefficient (Wildman–Crippen LogP) is 3.30. The molecule has 1 unspecified atom stereocenters. The van der Waals surface area contributed by atoms with E-state index in [1.807, 2.05) is 50.3 Å². The van der Waals surface area contributed by atoms with Crippen LogP contribution >= 0.6 is 0 Å². The van der Waals surface area contributed by atoms with Gasteiger partial charge in [0, 0.05) is 0 Å². The van der Waals surface area contributed by atoms with E-state index >= 15 is 0 Å². The fourth-order valence-corrected chi connectivity index (χ4v) is 1.50. The quantitative estimate of drug-likeness (QED) is 0.725. The topological polar surface area (TPSA) is 35.5 Å². The minimum Gasteiger partial charge on any atom is -0.497 e. The Morgan fingerprint density at radius 3 is 2.56 bits per heavy atom. The van der Waals surface area contributed by atoms with Crippen LogP contribution in [0.2, 0.25) is 0 Å². The number of hydrogen-bond acceptors (Lipinski definition) is 3. The van der Waals surface area contributed by atoms with Crippen LogP contribution in [0.4, 0.5) is 0 Å². The van der Waals surface area contributed by atoms with Crippen LogP contribution in [0.1, 0.15) is 25.8 Å². The van der Waals surface area contributed by atoms with Gasteiger partial charge in [-0.25, -0.2) is 0 Å². The highest BCUT2D eigenvalue weighted by atomic mass is 16.5. The fourth-order valence-electron chi connectivity index (χ4n) is 1.50. The van der Waals surface area contributed by atoms with Crippen LogP contribution in [-0.2, 0) is 9.53 Å². The summed E-state index contributed by atoms with van der Waals surface area (Å²) in [7, 11) is 1.64. The average molecular weight is 248 g/mol. The summed E-state index contributed by atoms with van der Waals surface area (Å²) in [6, 6.07) is 7.78. The number of carbonyl (C=O) groups is 1. The lowest BCUT2D eigenvalue weighted by molar-refractivity contribution is -0.147. The van der Waals surface area contributed by atoms with E-state index in [9.17, 15) is 4.79 Å². The Morgan fingerprint density at radius 2 is 2.00 bits per heavy atom. The number of hydrogen-bond donors (Lipinski definition) is 0. The normalized spacial score (nSPS) is 12.4. The highest BCUT2D eigenvalue weighted by Gasteiger charge is 2.11. The summed E-state index contributed by atoms with van der Waals surface area (Å²) in [6.45, 7) is 4.12. The maximum atomic E-state index is 11.4. The predicted molar refractivity (Wildman–Crippen MR) is 72.4 cm³/mol. The first-order chi connectivity index (χ1) is 8.67. The van der Waals surface area contributed by atoms with Gasteiger partial charge in [0.25, 0.3) is 0 Å². The molecule has 0 fully saturated rings. The van der Waals surface area contributed by atoms with E-state index in [1.165, 1.54) is 0 Å². The summed E-state index contributed by atoms with van der Waals surface area (Å²) in [5.74, 6) is 0.600. The molecular weight excluding hydrogens is 228 g/mol. The summed E-state index contributed by atoms with van der Waals surface area (Å²) in [5, 5.41) is 0. The molecule has 1 atom stereocenters. The van der Waals surface area contributed by atoms with Crippen LogP contribution in [0.3, 0.4) is 0 Å². The average Bonchev–Trinajstić information content (AvgIpc) is 2.39. The van der Waals surface area contributed by atoms with E-state index in [4.69, 9.17) is 9.47 Å². The Labute approximate surface area is 108 Å². The standard InChI is InChI=1S/C15H20O3/c1-4-18-15(16)12(2)6-5-7-13-8-10-14(17-3)11-9-13/h5,7-12H,4,6H2,1-3H3/b7-5+. The third-order valence-corrected chi connectivity index (χ3v) is 2.60. The number of ether oxygens (including phenoxy) is 2. The fraction of sp³-hybridized carbons (Fsp3) is 0.400. The second-order valence-corrected chi connectivity index (χ2v) is 4.06. The molecule has 0 N–H and O–H groups in total. The first-order valence-corrected chi connectivity index (χ1v) is 6.14. The van der Waals surface area contributed by atoms with Gasteiger partial charge >= 0.3 is 5.97 Å². The van der Waals surface area contributed by atoms with E-state index in [0.29, 0.717) is 13.0 Å². The van der Waals surface area contributed by atoms with Gasteiger partial charge in [-0.1, -0.05) is 31.2 Å². The molecule has 98 valence electrons. The highest BCUT2D eigenvalue weighted by Crippen LogP contribution is 2.13. The minimum absolute atomic E-state index is 0.0977. The molecular formula is C15H20O3. The van der Waals surface area contributed by atoms with E-state index in [2.05, 4.69) is 0 Å². The van der Waals surface area contributed by atoms with Crippen LogP contribution in [0.15, 0.2) is 30.3 Å². The van der Waals surface area contributed by atoms with Gasteiger partial charge in [-0.2, -0.15) is 0 Å². The van der Waals surface area contributed by atoms with Gasteiger partial charge in [0.2, 0.25) is 0 Å². The van der Waals surface area contributed by atoms with Crippen LogP contribution in [-0.4, -0.2) is 19.7 Å². The number of methoxy groups -OCH3 is 1. The Morgan fingerprint density at radius 1 is 1.33 bits per heavy atom. The largest absolute Gasteiger partial charge is 0.497 e. The number of allylic oxidation sites excluding steroid dienone is 1. The summed E-state index contributed by atoms with van der Waals surface area (Å²) >= 11 is 0. The van der Waals surface area contributed by atoms with E-state index in [0.717, 1.165) is 11.3 Å². The van der Waals surface area contributed by atoms with E-state index in [-0.39, 0.29) is 11.9 Å². The zero-order valence-corrected chi connectivity index (χ0v) is 11.2. The molecule has 3 heteroatoms. The Balaban J connectivity index is 2.46. The number of benzene rings is 1. The zero-order valence-electron chi connectivity index (χ0n) is 11.2. The molecule has 0 aliphatic heterocycles. The van der Waals surface area contributed by atoms with Crippen molar-refractivity contribution in [3.8, 4) is 5.75 Å². The monoisotopic (exact) mass is 248 g/mol. The van der Waals surface area contributed by atoms with Crippen LogP contribution in [0, 0.1) is 5.92 Å². The molecule has 0 aliphatic carbocycles. The third-order valence-electron chi connectivity index (χ3n) is 2.60.